The van der Waals surface area contributed by atoms with Gasteiger partial charge in [0.1, 0.15) is 12.2 Å². The number of ether oxygens (including phenoxy) is 3. The molecule has 2 bridgehead atoms. The number of aromatic hydroxyl groups is 1. The second-order valence-corrected chi connectivity index (χ2v) is 11.6. The number of phenols is 1. The van der Waals surface area contributed by atoms with Gasteiger partial charge in [-0.3, -0.25) is 0 Å². The summed E-state index contributed by atoms with van der Waals surface area (Å²) in [4.78, 5) is 2.32. The summed E-state index contributed by atoms with van der Waals surface area (Å²) >= 11 is 5.99. The molecular formula is C31H27ClF3NO5. The first-order valence-electron chi connectivity index (χ1n) is 13.5. The van der Waals surface area contributed by atoms with Crippen LogP contribution in [0.15, 0.2) is 66.7 Å². The van der Waals surface area contributed by atoms with Crippen LogP contribution >= 0.6 is 11.6 Å². The number of phenolic OH excluding ortho intramolecular Hbond substituents is 1. The number of hydrogen-bond acceptors (Lipinski definition) is 6. The Hall–Kier alpha value is -3.40. The van der Waals surface area contributed by atoms with Crippen molar-refractivity contribution in [1.29, 1.82) is 0 Å². The zero-order valence-electron chi connectivity index (χ0n) is 21.9. The van der Waals surface area contributed by atoms with Crippen molar-refractivity contribution in [3.63, 3.8) is 0 Å². The Morgan fingerprint density at radius 2 is 1.88 bits per heavy atom. The molecule has 0 aromatic heterocycles. The molecule has 1 fully saturated rings. The standard InChI is InChI=1S/C31H27ClF3NO5/c1-36-12-11-30-20-8-9-22(37)29(30)40-28-25(30)17(14-21(20)36)13-19(26(28)38)27(16-5-3-2-4-6-16)39-23-10-7-18(32)15-24(23)41-31(33,34)35/h2-10,13,15,20-22,27,29,37-38H,11-12,14H2,1H3/t20-,21+,22-,27?,29-,30-/m0/s1. The molecular weight excluding hydrogens is 559 g/mol. The average molecular weight is 586 g/mol. The topological polar surface area (TPSA) is 71.4 Å². The molecule has 0 saturated carbocycles. The predicted octanol–water partition coefficient (Wildman–Crippen LogP) is 5.92. The van der Waals surface area contributed by atoms with Crippen LogP contribution in [0.5, 0.6) is 23.0 Å². The van der Waals surface area contributed by atoms with Crippen molar-refractivity contribution in [3.8, 4) is 23.0 Å². The van der Waals surface area contributed by atoms with Gasteiger partial charge in [-0.05, 0) is 55.8 Å². The number of nitrogens with zero attached hydrogens (tertiary/aromatic N) is 1. The molecule has 3 aromatic rings. The molecule has 4 aliphatic rings. The third kappa shape index (κ3) is 4.08. The van der Waals surface area contributed by atoms with Crippen LogP contribution in [0.2, 0.25) is 5.02 Å². The van der Waals surface area contributed by atoms with Crippen LogP contribution in [0.1, 0.15) is 34.8 Å². The Morgan fingerprint density at radius 3 is 2.63 bits per heavy atom. The summed E-state index contributed by atoms with van der Waals surface area (Å²) in [5.41, 5.74) is 2.36. The number of rotatable bonds is 5. The summed E-state index contributed by atoms with van der Waals surface area (Å²) in [6.45, 7) is 0.831. The molecule has 2 heterocycles. The molecule has 3 aromatic carbocycles. The molecule has 214 valence electrons. The normalized spacial score (nSPS) is 28.5. The maximum Gasteiger partial charge on any atom is 0.573 e. The van der Waals surface area contributed by atoms with Crippen molar-refractivity contribution in [2.75, 3.05) is 13.6 Å². The number of likely N-dealkylation sites (N-methyl/N-ethyl adjacent to an activating group) is 1. The highest BCUT2D eigenvalue weighted by atomic mass is 35.5. The molecule has 41 heavy (non-hydrogen) atoms. The molecule has 6 atom stereocenters. The van der Waals surface area contributed by atoms with Crippen LogP contribution in [0.3, 0.4) is 0 Å². The van der Waals surface area contributed by atoms with Gasteiger partial charge >= 0.3 is 6.36 Å². The number of hydrogen-bond donors (Lipinski definition) is 2. The molecule has 1 unspecified atom stereocenters. The lowest BCUT2D eigenvalue weighted by atomic mass is 9.53. The van der Waals surface area contributed by atoms with Crippen molar-refractivity contribution in [2.24, 2.45) is 5.92 Å². The van der Waals surface area contributed by atoms with E-state index in [1.807, 2.05) is 12.1 Å². The summed E-state index contributed by atoms with van der Waals surface area (Å²) < 4.78 is 56.7. The maximum atomic E-state index is 13.3. The summed E-state index contributed by atoms with van der Waals surface area (Å²) in [5, 5.41) is 22.8. The summed E-state index contributed by atoms with van der Waals surface area (Å²) in [5.74, 6) is -0.519. The van der Waals surface area contributed by atoms with Gasteiger partial charge in [-0.2, -0.15) is 0 Å². The SMILES string of the molecule is CN1CC[C@]23c4c5cc(C(Oc6ccc(Cl)cc6OC(F)(F)F)c6ccccc6)c(O)c4O[C@H]2[C@@H](O)C=C[C@H]3[C@H]1C5. The van der Waals surface area contributed by atoms with E-state index in [1.54, 1.807) is 30.3 Å². The molecule has 6 nitrogen and oxygen atoms in total. The van der Waals surface area contributed by atoms with Crippen molar-refractivity contribution < 1.29 is 37.6 Å². The number of piperidine rings is 1. The highest BCUT2D eigenvalue weighted by Gasteiger charge is 2.64. The van der Waals surface area contributed by atoms with E-state index in [0.29, 0.717) is 23.3 Å². The lowest BCUT2D eigenvalue weighted by molar-refractivity contribution is -0.275. The monoisotopic (exact) mass is 585 g/mol. The third-order valence-corrected chi connectivity index (χ3v) is 9.29. The number of aliphatic hydroxyl groups excluding tert-OH is 1. The first kappa shape index (κ1) is 26.5. The van der Waals surface area contributed by atoms with Gasteiger partial charge in [0.2, 0.25) is 0 Å². The van der Waals surface area contributed by atoms with Crippen LogP contribution in [-0.4, -0.2) is 53.3 Å². The van der Waals surface area contributed by atoms with E-state index in [1.165, 1.54) is 12.1 Å². The lowest BCUT2D eigenvalue weighted by Crippen LogP contribution is -2.64. The molecule has 0 amide bonds. The fraction of sp³-hybridized carbons (Fsp3) is 0.355. The number of alkyl halides is 3. The third-order valence-electron chi connectivity index (χ3n) is 9.05. The fourth-order valence-electron chi connectivity index (χ4n) is 7.39. The van der Waals surface area contributed by atoms with E-state index in [-0.39, 0.29) is 28.5 Å². The zero-order chi connectivity index (χ0) is 28.7. The molecule has 0 radical (unpaired) electrons. The van der Waals surface area contributed by atoms with Crippen LogP contribution in [0, 0.1) is 5.92 Å². The molecule has 2 aliphatic heterocycles. The van der Waals surface area contributed by atoms with Crippen molar-refractivity contribution in [2.45, 2.75) is 49.0 Å². The van der Waals surface area contributed by atoms with E-state index in [2.05, 4.69) is 22.8 Å². The average Bonchev–Trinajstić information content (AvgIpc) is 3.28. The van der Waals surface area contributed by atoms with E-state index in [0.717, 1.165) is 30.2 Å². The largest absolute Gasteiger partial charge is 0.573 e. The second-order valence-electron chi connectivity index (χ2n) is 11.2. The highest BCUT2D eigenvalue weighted by molar-refractivity contribution is 6.30. The number of halogens is 4. The van der Waals surface area contributed by atoms with E-state index >= 15 is 0 Å². The van der Waals surface area contributed by atoms with Gasteiger partial charge < -0.3 is 29.3 Å². The number of aliphatic hydroxyl groups is 1. The van der Waals surface area contributed by atoms with Crippen LogP contribution in [0.25, 0.3) is 0 Å². The van der Waals surface area contributed by atoms with Crippen LogP contribution in [0.4, 0.5) is 13.2 Å². The summed E-state index contributed by atoms with van der Waals surface area (Å²) in [6, 6.07) is 14.7. The van der Waals surface area contributed by atoms with Gasteiger partial charge in [-0.15, -0.1) is 13.2 Å². The van der Waals surface area contributed by atoms with Gasteiger partial charge in [0.25, 0.3) is 0 Å². The van der Waals surface area contributed by atoms with Crippen molar-refractivity contribution in [3.05, 3.63) is 94.0 Å². The predicted molar refractivity (Wildman–Crippen MR) is 145 cm³/mol. The lowest BCUT2D eigenvalue weighted by Gasteiger charge is -2.56. The van der Waals surface area contributed by atoms with E-state index in [9.17, 15) is 23.4 Å². The summed E-state index contributed by atoms with van der Waals surface area (Å²) in [7, 11) is 2.09. The minimum Gasteiger partial charge on any atom is -0.504 e. The van der Waals surface area contributed by atoms with Gasteiger partial charge in [0.05, 0.1) is 0 Å². The minimum atomic E-state index is -4.97. The van der Waals surface area contributed by atoms with Gasteiger partial charge in [0, 0.05) is 39.6 Å². The molecule has 2 N–H and O–H groups in total. The smallest absolute Gasteiger partial charge is 0.504 e. The Balaban J connectivity index is 1.39. The van der Waals surface area contributed by atoms with Gasteiger partial charge in [-0.1, -0.05) is 54.1 Å². The van der Waals surface area contributed by atoms with Crippen molar-refractivity contribution in [1.82, 2.24) is 4.90 Å². The van der Waals surface area contributed by atoms with Gasteiger partial charge in [0.15, 0.2) is 29.1 Å². The number of benzene rings is 3. The Morgan fingerprint density at radius 1 is 1.10 bits per heavy atom. The van der Waals surface area contributed by atoms with Crippen molar-refractivity contribution >= 4 is 11.6 Å². The second kappa shape index (κ2) is 9.31. The van der Waals surface area contributed by atoms with Gasteiger partial charge in [-0.25, -0.2) is 0 Å². The molecule has 2 aliphatic carbocycles. The quantitative estimate of drug-likeness (QED) is 0.362. The molecule has 1 spiro atoms. The molecule has 10 heteroatoms. The number of likely N-dealkylation sites (tertiary alicyclic amines) is 1. The highest BCUT2D eigenvalue weighted by Crippen LogP contribution is 2.63. The maximum absolute atomic E-state index is 13.3. The Kier molecular flexibility index (Phi) is 6.01. The zero-order valence-corrected chi connectivity index (χ0v) is 22.7. The minimum absolute atomic E-state index is 0.0466. The Labute approximate surface area is 239 Å². The van der Waals surface area contributed by atoms with E-state index < -0.39 is 35.8 Å². The summed E-state index contributed by atoms with van der Waals surface area (Å²) in [6.07, 6.45) is -2.06. The first-order chi connectivity index (χ1) is 19.6. The van der Waals surface area contributed by atoms with E-state index in [4.69, 9.17) is 21.1 Å². The molecule has 1 saturated heterocycles. The first-order valence-corrected chi connectivity index (χ1v) is 13.8. The fourth-order valence-corrected chi connectivity index (χ4v) is 7.55. The Bertz CT molecular complexity index is 1550. The van der Waals surface area contributed by atoms with Crippen LogP contribution in [-0.2, 0) is 11.8 Å². The molecule has 7 rings (SSSR count). The van der Waals surface area contributed by atoms with Crippen LogP contribution < -0.4 is 14.2 Å².